The molecule has 0 saturated heterocycles. The van der Waals surface area contributed by atoms with Gasteiger partial charge in [-0.25, -0.2) is 13.4 Å². The number of anilines is 2. The molecular formula is C20H25N3O4S2. The van der Waals surface area contributed by atoms with E-state index in [4.69, 9.17) is 4.74 Å². The van der Waals surface area contributed by atoms with Gasteiger partial charge in [0.25, 0.3) is 15.9 Å². The van der Waals surface area contributed by atoms with Gasteiger partial charge in [0.2, 0.25) is 0 Å². The zero-order valence-corrected chi connectivity index (χ0v) is 18.5. The van der Waals surface area contributed by atoms with Crippen molar-refractivity contribution >= 4 is 38.1 Å². The number of aryl methyl sites for hydroxylation is 1. The van der Waals surface area contributed by atoms with Crippen molar-refractivity contribution < 1.29 is 17.9 Å². The fourth-order valence-corrected chi connectivity index (χ4v) is 6.04. The van der Waals surface area contributed by atoms with Gasteiger partial charge in [-0.1, -0.05) is 20.8 Å². The van der Waals surface area contributed by atoms with Crippen LogP contribution in [0.1, 0.15) is 44.7 Å². The molecule has 2 unspecified atom stereocenters. The van der Waals surface area contributed by atoms with E-state index >= 15 is 0 Å². The standard InChI is InChI=1S/C20H25N3O4S2/c1-11-18(24)21-15-10-13(6-8-16(15)27-11)29(25,26)23-19-22-14-7-5-12(20(2,3)4)9-17(14)28-19/h6,8,10-12H,5,7,9H2,1-4H3,(H,21,24)(H,22,23). The molecular weight excluding hydrogens is 410 g/mol. The van der Waals surface area contributed by atoms with E-state index in [-0.39, 0.29) is 16.2 Å². The Bertz CT molecular complexity index is 1070. The van der Waals surface area contributed by atoms with Gasteiger partial charge in [0.15, 0.2) is 11.2 Å². The molecule has 1 aliphatic heterocycles. The molecule has 156 valence electrons. The van der Waals surface area contributed by atoms with Crippen molar-refractivity contribution in [2.24, 2.45) is 11.3 Å². The lowest BCUT2D eigenvalue weighted by atomic mass is 9.73. The normalized spacial score (nSPS) is 21.6. The first-order chi connectivity index (χ1) is 13.5. The van der Waals surface area contributed by atoms with Gasteiger partial charge in [0.05, 0.1) is 16.3 Å². The monoisotopic (exact) mass is 435 g/mol. The summed E-state index contributed by atoms with van der Waals surface area (Å²) in [7, 11) is -3.83. The first-order valence-electron chi connectivity index (χ1n) is 9.66. The molecule has 2 aromatic rings. The first kappa shape index (κ1) is 20.2. The second kappa shape index (κ2) is 6.98. The third-order valence-corrected chi connectivity index (χ3v) is 8.08. The Hall–Kier alpha value is -2.13. The van der Waals surface area contributed by atoms with Gasteiger partial charge >= 0.3 is 0 Å². The van der Waals surface area contributed by atoms with Crippen LogP contribution in [0.3, 0.4) is 0 Å². The second-order valence-corrected chi connectivity index (χ2v) is 11.5. The van der Waals surface area contributed by atoms with Crippen molar-refractivity contribution in [2.45, 2.75) is 58.0 Å². The van der Waals surface area contributed by atoms with Gasteiger partial charge in [-0.2, -0.15) is 0 Å². The number of ether oxygens (including phenoxy) is 1. The number of carbonyl (C=O) groups excluding carboxylic acids is 1. The molecule has 0 spiro atoms. The van der Waals surface area contributed by atoms with Gasteiger partial charge < -0.3 is 10.1 Å². The van der Waals surface area contributed by atoms with Crippen LogP contribution in [-0.2, 0) is 27.7 Å². The van der Waals surface area contributed by atoms with Crippen molar-refractivity contribution in [3.05, 3.63) is 28.8 Å². The summed E-state index contributed by atoms with van der Waals surface area (Å²) in [6.45, 7) is 8.37. The molecule has 1 amide bonds. The second-order valence-electron chi connectivity index (χ2n) is 8.71. The van der Waals surface area contributed by atoms with E-state index < -0.39 is 16.1 Å². The summed E-state index contributed by atoms with van der Waals surface area (Å²) in [6.07, 6.45) is 2.26. The minimum Gasteiger partial charge on any atom is -0.479 e. The van der Waals surface area contributed by atoms with Crippen LogP contribution in [0.5, 0.6) is 5.75 Å². The minimum atomic E-state index is -3.83. The number of hydrogen-bond donors (Lipinski definition) is 2. The van der Waals surface area contributed by atoms with Crippen LogP contribution in [0.4, 0.5) is 10.8 Å². The Morgan fingerprint density at radius 3 is 2.79 bits per heavy atom. The van der Waals surface area contributed by atoms with Crippen LogP contribution < -0.4 is 14.8 Å². The largest absolute Gasteiger partial charge is 0.479 e. The zero-order valence-electron chi connectivity index (χ0n) is 16.9. The summed E-state index contributed by atoms with van der Waals surface area (Å²) < 4.78 is 33.8. The molecule has 29 heavy (non-hydrogen) atoms. The number of fused-ring (bicyclic) bond motifs is 2. The minimum absolute atomic E-state index is 0.0513. The Morgan fingerprint density at radius 1 is 1.31 bits per heavy atom. The van der Waals surface area contributed by atoms with Crippen molar-refractivity contribution in [3.8, 4) is 5.75 Å². The Balaban J connectivity index is 1.55. The summed E-state index contributed by atoms with van der Waals surface area (Å²) in [5.74, 6) is 0.710. The number of aromatic nitrogens is 1. The molecule has 2 N–H and O–H groups in total. The molecule has 0 saturated carbocycles. The molecule has 7 nitrogen and oxygen atoms in total. The van der Waals surface area contributed by atoms with Crippen molar-refractivity contribution in [2.75, 3.05) is 10.0 Å². The number of hydrogen-bond acceptors (Lipinski definition) is 6. The topological polar surface area (TPSA) is 97.4 Å². The van der Waals surface area contributed by atoms with E-state index in [2.05, 4.69) is 35.8 Å². The Labute approximate surface area is 174 Å². The average molecular weight is 436 g/mol. The summed E-state index contributed by atoms with van der Waals surface area (Å²) in [4.78, 5) is 17.5. The molecule has 9 heteroatoms. The van der Waals surface area contributed by atoms with E-state index in [1.807, 2.05) is 0 Å². The van der Waals surface area contributed by atoms with Gasteiger partial charge in [0, 0.05) is 4.88 Å². The highest BCUT2D eigenvalue weighted by Crippen LogP contribution is 2.40. The van der Waals surface area contributed by atoms with E-state index in [1.54, 1.807) is 13.0 Å². The van der Waals surface area contributed by atoms with E-state index in [0.29, 0.717) is 22.5 Å². The average Bonchev–Trinajstić information content (AvgIpc) is 3.02. The SMILES string of the molecule is CC1Oc2ccc(S(=O)(=O)Nc3nc4c(s3)CC(C(C)(C)C)CC4)cc2NC1=O. The quantitative estimate of drug-likeness (QED) is 0.764. The highest BCUT2D eigenvalue weighted by Gasteiger charge is 2.31. The highest BCUT2D eigenvalue weighted by molar-refractivity contribution is 7.93. The smallest absolute Gasteiger partial charge is 0.265 e. The van der Waals surface area contributed by atoms with E-state index in [0.717, 1.165) is 29.8 Å². The van der Waals surface area contributed by atoms with Crippen LogP contribution in [0, 0.1) is 11.3 Å². The predicted octanol–water partition coefficient (Wildman–Crippen LogP) is 3.81. The van der Waals surface area contributed by atoms with Gasteiger partial charge in [0.1, 0.15) is 5.75 Å². The molecule has 4 rings (SSSR count). The molecule has 1 aromatic carbocycles. The first-order valence-corrected chi connectivity index (χ1v) is 12.0. The molecule has 0 radical (unpaired) electrons. The zero-order chi connectivity index (χ0) is 21.0. The van der Waals surface area contributed by atoms with Crippen molar-refractivity contribution in [1.29, 1.82) is 0 Å². The van der Waals surface area contributed by atoms with Crippen molar-refractivity contribution in [3.63, 3.8) is 0 Å². The lowest BCUT2D eigenvalue weighted by molar-refractivity contribution is -0.122. The predicted molar refractivity (Wildman–Crippen MR) is 113 cm³/mol. The molecule has 1 aliphatic carbocycles. The lowest BCUT2D eigenvalue weighted by Crippen LogP contribution is -2.34. The molecule has 0 bridgehead atoms. The summed E-state index contributed by atoms with van der Waals surface area (Å²) in [5, 5.41) is 3.06. The van der Waals surface area contributed by atoms with Crippen molar-refractivity contribution in [1.82, 2.24) is 4.98 Å². The third kappa shape index (κ3) is 3.98. The van der Waals surface area contributed by atoms with Gasteiger partial charge in [-0.05, 0) is 55.7 Å². The number of rotatable bonds is 3. The number of nitrogens with one attached hydrogen (secondary N) is 2. The van der Waals surface area contributed by atoms with Crippen LogP contribution in [0.2, 0.25) is 0 Å². The van der Waals surface area contributed by atoms with Crippen LogP contribution in [0.25, 0.3) is 0 Å². The lowest BCUT2D eigenvalue weighted by Gasteiger charge is -2.33. The number of amides is 1. The Kier molecular flexibility index (Phi) is 4.85. The molecule has 2 atom stereocenters. The van der Waals surface area contributed by atoms with Gasteiger partial charge in [-0.15, -0.1) is 11.3 Å². The summed E-state index contributed by atoms with van der Waals surface area (Å²) in [6, 6.07) is 4.43. The van der Waals surface area contributed by atoms with E-state index in [9.17, 15) is 13.2 Å². The highest BCUT2D eigenvalue weighted by atomic mass is 32.2. The molecule has 2 heterocycles. The number of benzene rings is 1. The Morgan fingerprint density at radius 2 is 2.07 bits per heavy atom. The van der Waals surface area contributed by atoms with Gasteiger partial charge in [-0.3, -0.25) is 9.52 Å². The molecule has 0 fully saturated rings. The number of nitrogens with zero attached hydrogens (tertiary/aromatic N) is 1. The maximum atomic E-state index is 12.9. The maximum absolute atomic E-state index is 12.9. The fourth-order valence-electron chi connectivity index (χ4n) is 3.69. The third-order valence-electron chi connectivity index (χ3n) is 5.58. The number of thiazole rings is 1. The van der Waals surface area contributed by atoms with Crippen LogP contribution >= 0.6 is 11.3 Å². The number of carbonyl (C=O) groups is 1. The molecule has 2 aliphatic rings. The van der Waals surface area contributed by atoms with E-state index in [1.165, 1.54) is 23.5 Å². The summed E-state index contributed by atoms with van der Waals surface area (Å²) in [5.41, 5.74) is 1.56. The maximum Gasteiger partial charge on any atom is 0.265 e. The van der Waals surface area contributed by atoms with Crippen LogP contribution in [-0.4, -0.2) is 25.4 Å². The summed E-state index contributed by atoms with van der Waals surface area (Å²) >= 11 is 1.41. The fraction of sp³-hybridized carbons (Fsp3) is 0.500. The van der Waals surface area contributed by atoms with Crippen LogP contribution in [0.15, 0.2) is 23.1 Å². The number of sulfonamides is 1. The molecule has 1 aromatic heterocycles.